The lowest BCUT2D eigenvalue weighted by molar-refractivity contribution is 0.355. The number of ether oxygens (including phenoxy) is 2. The van der Waals surface area contributed by atoms with Gasteiger partial charge in [-0.1, -0.05) is 0 Å². The van der Waals surface area contributed by atoms with Crippen LogP contribution in [0.1, 0.15) is 5.56 Å². The molecule has 0 amide bonds. The first-order valence-electron chi connectivity index (χ1n) is 8.47. The summed E-state index contributed by atoms with van der Waals surface area (Å²) in [5.41, 5.74) is -0.155. The molecule has 1 heterocycles. The molecule has 1 aromatic heterocycles. The van der Waals surface area contributed by atoms with E-state index in [1.165, 1.54) is 26.5 Å². The number of aromatic nitrogens is 2. The van der Waals surface area contributed by atoms with Gasteiger partial charge in [-0.25, -0.2) is 17.6 Å². The van der Waals surface area contributed by atoms with Gasteiger partial charge in [0, 0.05) is 30.1 Å². The van der Waals surface area contributed by atoms with Crippen molar-refractivity contribution in [3.05, 3.63) is 65.4 Å². The number of benzene rings is 2. The van der Waals surface area contributed by atoms with Gasteiger partial charge in [0.25, 0.3) is 0 Å². The molecule has 2 aromatic carbocycles. The number of nitrogens with one attached hydrogen (secondary N) is 2. The van der Waals surface area contributed by atoms with Crippen molar-refractivity contribution in [2.24, 2.45) is 0 Å². The second kappa shape index (κ2) is 8.99. The first-order chi connectivity index (χ1) is 14.3. The molecule has 0 saturated heterocycles. The number of methoxy groups -OCH3 is 2. The summed E-state index contributed by atoms with van der Waals surface area (Å²) < 4.78 is 65.8. The molecule has 30 heavy (non-hydrogen) atoms. The second-order valence-corrected chi connectivity index (χ2v) is 6.40. The number of hydrogen-bond acceptors (Lipinski definition) is 4. The third-order valence-corrected chi connectivity index (χ3v) is 4.25. The molecule has 11 heteroatoms. The zero-order valence-electron chi connectivity index (χ0n) is 15.8. The molecule has 0 bridgehead atoms. The van der Waals surface area contributed by atoms with E-state index >= 15 is 0 Å². The van der Waals surface area contributed by atoms with Crippen molar-refractivity contribution in [3.8, 4) is 11.5 Å². The number of halogens is 4. The number of thiocarbonyl (C=S) groups is 1. The summed E-state index contributed by atoms with van der Waals surface area (Å²) in [6.45, 7) is -0.510. The van der Waals surface area contributed by atoms with Crippen molar-refractivity contribution in [1.29, 1.82) is 0 Å². The first-order valence-corrected chi connectivity index (χ1v) is 8.88. The molecular formula is C19H16F4N4O2S. The topological polar surface area (TPSA) is 60.3 Å². The highest BCUT2D eigenvalue weighted by molar-refractivity contribution is 7.80. The Morgan fingerprint density at radius 2 is 1.63 bits per heavy atom. The molecular weight excluding hydrogens is 424 g/mol. The van der Waals surface area contributed by atoms with Crippen molar-refractivity contribution in [2.75, 3.05) is 24.9 Å². The Bertz CT molecular complexity index is 1060. The van der Waals surface area contributed by atoms with Crippen LogP contribution in [0, 0.1) is 23.3 Å². The molecule has 3 aromatic rings. The SMILES string of the molecule is COc1ccc(NC(=S)Nc2ccn(Cc3c(F)c(F)cc(F)c3F)n2)cc1OC. The summed E-state index contributed by atoms with van der Waals surface area (Å²) in [6.07, 6.45) is 1.38. The highest BCUT2D eigenvalue weighted by Crippen LogP contribution is 2.29. The Hall–Kier alpha value is -3.34. The number of anilines is 2. The highest BCUT2D eigenvalue weighted by Gasteiger charge is 2.19. The second-order valence-electron chi connectivity index (χ2n) is 5.99. The molecule has 0 fully saturated rings. The van der Waals surface area contributed by atoms with Gasteiger partial charge in [0.2, 0.25) is 0 Å². The van der Waals surface area contributed by atoms with E-state index in [9.17, 15) is 17.6 Å². The number of hydrogen-bond donors (Lipinski definition) is 2. The predicted octanol–water partition coefficient (Wildman–Crippen LogP) is 4.31. The van der Waals surface area contributed by atoms with Gasteiger partial charge in [0.1, 0.15) is 0 Å². The third-order valence-electron chi connectivity index (χ3n) is 4.05. The van der Waals surface area contributed by atoms with Crippen molar-refractivity contribution >= 4 is 28.8 Å². The van der Waals surface area contributed by atoms with Gasteiger partial charge in [0.05, 0.1) is 26.3 Å². The van der Waals surface area contributed by atoms with Gasteiger partial charge in [-0.05, 0) is 24.4 Å². The molecule has 0 atom stereocenters. The molecule has 0 aliphatic carbocycles. The summed E-state index contributed by atoms with van der Waals surface area (Å²) in [7, 11) is 3.02. The van der Waals surface area contributed by atoms with E-state index in [0.717, 1.165) is 4.68 Å². The Balaban J connectivity index is 1.68. The predicted molar refractivity (Wildman–Crippen MR) is 107 cm³/mol. The zero-order chi connectivity index (χ0) is 21.8. The van der Waals surface area contributed by atoms with E-state index in [1.54, 1.807) is 18.2 Å². The third kappa shape index (κ3) is 4.62. The van der Waals surface area contributed by atoms with Gasteiger partial charge >= 0.3 is 0 Å². The molecule has 3 rings (SSSR count). The van der Waals surface area contributed by atoms with Crippen LogP contribution in [0.4, 0.5) is 29.1 Å². The molecule has 0 aliphatic heterocycles. The van der Waals surface area contributed by atoms with E-state index in [-0.39, 0.29) is 17.0 Å². The van der Waals surface area contributed by atoms with Crippen LogP contribution in [0.15, 0.2) is 36.5 Å². The van der Waals surface area contributed by atoms with E-state index < -0.39 is 35.4 Å². The van der Waals surface area contributed by atoms with Gasteiger partial charge in [-0.15, -0.1) is 0 Å². The minimum absolute atomic E-state index is 0.155. The molecule has 2 N–H and O–H groups in total. The van der Waals surface area contributed by atoms with Gasteiger partial charge < -0.3 is 20.1 Å². The van der Waals surface area contributed by atoms with E-state index in [4.69, 9.17) is 21.7 Å². The standard InChI is InChI=1S/C19H16F4N4O2S/c1-28-14-4-3-10(7-15(14)29-2)24-19(30)25-16-5-6-27(26-16)9-11-17(22)12(20)8-13(21)18(11)23/h3-8H,9H2,1-2H3,(H2,24,25,26,30). The van der Waals surface area contributed by atoms with Gasteiger partial charge in [0.15, 0.2) is 45.7 Å². The smallest absolute Gasteiger partial charge is 0.176 e. The van der Waals surface area contributed by atoms with Crippen LogP contribution in [0.2, 0.25) is 0 Å². The fourth-order valence-corrected chi connectivity index (χ4v) is 2.85. The fraction of sp³-hybridized carbons (Fsp3) is 0.158. The van der Waals surface area contributed by atoms with Crippen molar-refractivity contribution in [1.82, 2.24) is 9.78 Å². The molecule has 0 aliphatic rings. The molecule has 0 unspecified atom stereocenters. The largest absolute Gasteiger partial charge is 0.493 e. The molecule has 0 saturated carbocycles. The fourth-order valence-electron chi connectivity index (χ4n) is 2.63. The van der Waals surface area contributed by atoms with Gasteiger partial charge in [-0.3, -0.25) is 4.68 Å². The Kier molecular flexibility index (Phi) is 6.40. The summed E-state index contributed by atoms with van der Waals surface area (Å²) in [4.78, 5) is 0. The normalized spacial score (nSPS) is 10.6. The quantitative estimate of drug-likeness (QED) is 0.338. The molecule has 0 spiro atoms. The van der Waals surface area contributed by atoms with Gasteiger partial charge in [-0.2, -0.15) is 5.10 Å². The van der Waals surface area contributed by atoms with Crippen LogP contribution in [0.25, 0.3) is 0 Å². The Labute approximate surface area is 174 Å². The van der Waals surface area contributed by atoms with Crippen LogP contribution < -0.4 is 20.1 Å². The zero-order valence-corrected chi connectivity index (χ0v) is 16.6. The minimum Gasteiger partial charge on any atom is -0.493 e. The maximum absolute atomic E-state index is 13.8. The minimum atomic E-state index is -1.48. The number of nitrogens with zero attached hydrogens (tertiary/aromatic N) is 2. The molecule has 6 nitrogen and oxygen atoms in total. The maximum atomic E-state index is 13.8. The summed E-state index contributed by atoms with van der Waals surface area (Å²) >= 11 is 5.21. The lowest BCUT2D eigenvalue weighted by atomic mass is 10.2. The average Bonchev–Trinajstić information content (AvgIpc) is 3.16. The number of rotatable bonds is 6. The molecule has 0 radical (unpaired) electrons. The lowest BCUT2D eigenvalue weighted by Gasteiger charge is -2.12. The van der Waals surface area contributed by atoms with Crippen molar-refractivity contribution < 1.29 is 27.0 Å². The Morgan fingerprint density at radius 3 is 2.27 bits per heavy atom. The van der Waals surface area contributed by atoms with E-state index in [0.29, 0.717) is 17.2 Å². The monoisotopic (exact) mass is 440 g/mol. The average molecular weight is 440 g/mol. The summed E-state index contributed by atoms with van der Waals surface area (Å²) in [6, 6.07) is 6.73. The molecule has 158 valence electrons. The van der Waals surface area contributed by atoms with Crippen LogP contribution >= 0.6 is 12.2 Å². The van der Waals surface area contributed by atoms with Crippen LogP contribution in [-0.4, -0.2) is 29.1 Å². The Morgan fingerprint density at radius 1 is 0.967 bits per heavy atom. The maximum Gasteiger partial charge on any atom is 0.176 e. The summed E-state index contributed by atoms with van der Waals surface area (Å²) in [5.74, 6) is -4.58. The van der Waals surface area contributed by atoms with E-state index in [2.05, 4.69) is 15.7 Å². The van der Waals surface area contributed by atoms with Crippen LogP contribution in [0.5, 0.6) is 11.5 Å². The highest BCUT2D eigenvalue weighted by atomic mass is 32.1. The lowest BCUT2D eigenvalue weighted by Crippen LogP contribution is -2.19. The van der Waals surface area contributed by atoms with Crippen LogP contribution in [0.3, 0.4) is 0 Å². The van der Waals surface area contributed by atoms with Crippen molar-refractivity contribution in [2.45, 2.75) is 6.54 Å². The van der Waals surface area contributed by atoms with Crippen molar-refractivity contribution in [3.63, 3.8) is 0 Å². The first kappa shape index (κ1) is 21.4. The van der Waals surface area contributed by atoms with Crippen LogP contribution in [-0.2, 0) is 6.54 Å². The van der Waals surface area contributed by atoms with E-state index in [1.807, 2.05) is 0 Å². The summed E-state index contributed by atoms with van der Waals surface area (Å²) in [5, 5.41) is 9.95.